The summed E-state index contributed by atoms with van der Waals surface area (Å²) in [7, 11) is 0. The smallest absolute Gasteiger partial charge is 0.144 e. The minimum absolute atomic E-state index is 0.272. The number of aliphatic hydroxyl groups excluding tert-OH is 1. The van der Waals surface area contributed by atoms with Gasteiger partial charge >= 0.3 is 0 Å². The van der Waals surface area contributed by atoms with Crippen molar-refractivity contribution < 1.29 is 5.11 Å². The largest absolute Gasteiger partial charge is 0.372 e. The molecule has 1 fully saturated rings. The maximum absolute atomic E-state index is 9.84. The fourth-order valence-corrected chi connectivity index (χ4v) is 1.90. The second kappa shape index (κ2) is 4.04. The number of aliphatic hydroxyl groups is 1. The Balaban J connectivity index is 2.19. The van der Waals surface area contributed by atoms with Crippen LogP contribution in [-0.4, -0.2) is 17.9 Å². The van der Waals surface area contributed by atoms with Crippen LogP contribution in [0.3, 0.4) is 0 Å². The van der Waals surface area contributed by atoms with Gasteiger partial charge in [0.05, 0.1) is 5.69 Å². The molecule has 0 spiro atoms. The Morgan fingerprint density at radius 1 is 1.43 bits per heavy atom. The van der Waals surface area contributed by atoms with E-state index in [-0.39, 0.29) is 5.92 Å². The van der Waals surface area contributed by atoms with E-state index in [0.29, 0.717) is 0 Å². The number of halogens is 1. The molecule has 1 aromatic rings. The van der Waals surface area contributed by atoms with Gasteiger partial charge in [-0.15, -0.1) is 0 Å². The van der Waals surface area contributed by atoms with Crippen LogP contribution in [0.4, 0.5) is 5.69 Å². The zero-order valence-corrected chi connectivity index (χ0v) is 10.1. The van der Waals surface area contributed by atoms with Crippen molar-refractivity contribution in [3.63, 3.8) is 0 Å². The molecular formula is C10H13IN2O. The maximum Gasteiger partial charge on any atom is 0.144 e. The average Bonchev–Trinajstić information content (AvgIpc) is 2.50. The van der Waals surface area contributed by atoms with E-state index in [1.54, 1.807) is 0 Å². The molecule has 1 saturated heterocycles. The second-order valence-electron chi connectivity index (χ2n) is 3.60. The van der Waals surface area contributed by atoms with Crippen molar-refractivity contribution in [3.8, 4) is 0 Å². The molecule has 0 amide bonds. The Hall–Kier alpha value is -0.330. The van der Waals surface area contributed by atoms with Crippen molar-refractivity contribution in [3.05, 3.63) is 27.8 Å². The van der Waals surface area contributed by atoms with Crippen LogP contribution >= 0.6 is 22.6 Å². The maximum atomic E-state index is 9.84. The summed E-state index contributed by atoms with van der Waals surface area (Å²) in [5.74, 6) is 0.272. The number of rotatable bonds is 1. The van der Waals surface area contributed by atoms with Crippen LogP contribution in [-0.2, 0) is 0 Å². The Labute approximate surface area is 97.2 Å². The SMILES string of the molecule is CC1CNN(c2ccc(I)cc2)C1O. The predicted octanol–water partition coefficient (Wildman–Crippen LogP) is 1.57. The van der Waals surface area contributed by atoms with Crippen LogP contribution in [0.25, 0.3) is 0 Å². The Morgan fingerprint density at radius 2 is 2.07 bits per heavy atom. The Morgan fingerprint density at radius 3 is 2.57 bits per heavy atom. The molecule has 2 unspecified atom stereocenters. The Kier molecular flexibility index (Phi) is 2.94. The normalized spacial score (nSPS) is 26.9. The van der Waals surface area contributed by atoms with Crippen molar-refractivity contribution in [1.29, 1.82) is 0 Å². The van der Waals surface area contributed by atoms with Gasteiger partial charge in [-0.1, -0.05) is 6.92 Å². The van der Waals surface area contributed by atoms with E-state index in [1.807, 2.05) is 36.2 Å². The third-order valence-corrected chi connectivity index (χ3v) is 3.18. The van der Waals surface area contributed by atoms with E-state index in [1.165, 1.54) is 3.57 Å². The molecule has 0 aromatic heterocycles. The van der Waals surface area contributed by atoms with Gasteiger partial charge in [0.15, 0.2) is 0 Å². The first-order valence-electron chi connectivity index (χ1n) is 4.65. The first-order chi connectivity index (χ1) is 6.68. The van der Waals surface area contributed by atoms with Gasteiger partial charge < -0.3 is 5.11 Å². The predicted molar refractivity (Wildman–Crippen MR) is 64.8 cm³/mol. The van der Waals surface area contributed by atoms with Crippen LogP contribution in [0.2, 0.25) is 0 Å². The van der Waals surface area contributed by atoms with Crippen molar-refractivity contribution in [2.45, 2.75) is 13.2 Å². The molecule has 1 aliphatic rings. The molecule has 2 rings (SSSR count). The van der Waals surface area contributed by atoms with E-state index in [4.69, 9.17) is 0 Å². The van der Waals surface area contributed by atoms with Gasteiger partial charge in [0.1, 0.15) is 6.23 Å². The molecule has 2 atom stereocenters. The minimum atomic E-state index is -0.421. The Bertz CT molecular complexity index is 314. The topological polar surface area (TPSA) is 35.5 Å². The lowest BCUT2D eigenvalue weighted by molar-refractivity contribution is 0.145. The highest BCUT2D eigenvalue weighted by Gasteiger charge is 2.28. The van der Waals surface area contributed by atoms with Crippen molar-refractivity contribution >= 4 is 28.3 Å². The fraction of sp³-hybridized carbons (Fsp3) is 0.400. The molecule has 1 aliphatic heterocycles. The molecular weight excluding hydrogens is 291 g/mol. The van der Waals surface area contributed by atoms with Gasteiger partial charge in [0.25, 0.3) is 0 Å². The van der Waals surface area contributed by atoms with Crippen LogP contribution in [0, 0.1) is 9.49 Å². The van der Waals surface area contributed by atoms with Gasteiger partial charge in [0.2, 0.25) is 0 Å². The highest BCUT2D eigenvalue weighted by atomic mass is 127. The molecule has 1 heterocycles. The zero-order chi connectivity index (χ0) is 10.1. The zero-order valence-electron chi connectivity index (χ0n) is 7.94. The molecule has 2 N–H and O–H groups in total. The molecule has 0 aliphatic carbocycles. The number of hydrogen-bond donors (Lipinski definition) is 2. The van der Waals surface area contributed by atoms with E-state index in [2.05, 4.69) is 28.0 Å². The summed E-state index contributed by atoms with van der Waals surface area (Å²) in [6, 6.07) is 8.09. The van der Waals surface area contributed by atoms with Crippen molar-refractivity contribution in [2.24, 2.45) is 5.92 Å². The number of benzene rings is 1. The van der Waals surface area contributed by atoms with Gasteiger partial charge in [-0.2, -0.15) is 0 Å². The summed E-state index contributed by atoms with van der Waals surface area (Å²) < 4.78 is 1.20. The molecule has 0 saturated carbocycles. The fourth-order valence-electron chi connectivity index (χ4n) is 1.54. The first-order valence-corrected chi connectivity index (χ1v) is 5.73. The molecule has 4 heteroatoms. The van der Waals surface area contributed by atoms with Gasteiger partial charge in [-0.25, -0.2) is 5.43 Å². The number of hydrazine groups is 1. The van der Waals surface area contributed by atoms with Crippen LogP contribution in [0.1, 0.15) is 6.92 Å². The number of nitrogens with one attached hydrogen (secondary N) is 1. The quantitative estimate of drug-likeness (QED) is 0.773. The van der Waals surface area contributed by atoms with Crippen LogP contribution in [0.15, 0.2) is 24.3 Å². The van der Waals surface area contributed by atoms with Gasteiger partial charge in [-0.05, 0) is 46.9 Å². The minimum Gasteiger partial charge on any atom is -0.372 e. The van der Waals surface area contributed by atoms with Gasteiger partial charge in [-0.3, -0.25) is 5.01 Å². The van der Waals surface area contributed by atoms with Gasteiger partial charge in [0, 0.05) is 16.0 Å². The number of nitrogens with zero attached hydrogens (tertiary/aromatic N) is 1. The molecule has 76 valence electrons. The second-order valence-corrected chi connectivity index (χ2v) is 4.85. The van der Waals surface area contributed by atoms with E-state index in [0.717, 1.165) is 12.2 Å². The molecule has 1 aromatic carbocycles. The summed E-state index contributed by atoms with van der Waals surface area (Å²) in [6.07, 6.45) is -0.421. The summed E-state index contributed by atoms with van der Waals surface area (Å²) >= 11 is 2.27. The monoisotopic (exact) mass is 304 g/mol. The first kappa shape index (κ1) is 10.2. The summed E-state index contributed by atoms with van der Waals surface area (Å²) in [5, 5.41) is 11.7. The van der Waals surface area contributed by atoms with Crippen LogP contribution < -0.4 is 10.4 Å². The molecule has 14 heavy (non-hydrogen) atoms. The summed E-state index contributed by atoms with van der Waals surface area (Å²) in [5.41, 5.74) is 4.19. The van der Waals surface area contributed by atoms with E-state index in [9.17, 15) is 5.11 Å². The highest BCUT2D eigenvalue weighted by Crippen LogP contribution is 2.22. The van der Waals surface area contributed by atoms with Crippen molar-refractivity contribution in [1.82, 2.24) is 5.43 Å². The lowest BCUT2D eigenvalue weighted by Gasteiger charge is -2.23. The summed E-state index contributed by atoms with van der Waals surface area (Å²) in [4.78, 5) is 0. The lowest BCUT2D eigenvalue weighted by Crippen LogP contribution is -2.37. The molecule has 3 nitrogen and oxygen atoms in total. The molecule has 0 radical (unpaired) electrons. The number of hydrogen-bond acceptors (Lipinski definition) is 3. The third-order valence-electron chi connectivity index (χ3n) is 2.46. The average molecular weight is 304 g/mol. The lowest BCUT2D eigenvalue weighted by atomic mass is 10.2. The summed E-state index contributed by atoms with van der Waals surface area (Å²) in [6.45, 7) is 2.86. The van der Waals surface area contributed by atoms with E-state index >= 15 is 0 Å². The number of anilines is 1. The standard InChI is InChI=1S/C10H13IN2O/c1-7-6-12-13(10(7)14)9-4-2-8(11)3-5-9/h2-5,7,10,12,14H,6H2,1H3. The highest BCUT2D eigenvalue weighted by molar-refractivity contribution is 14.1. The van der Waals surface area contributed by atoms with Crippen molar-refractivity contribution in [2.75, 3.05) is 11.6 Å². The third kappa shape index (κ3) is 1.87. The van der Waals surface area contributed by atoms with Crippen LogP contribution in [0.5, 0.6) is 0 Å². The van der Waals surface area contributed by atoms with E-state index < -0.39 is 6.23 Å². The molecule has 0 bridgehead atoms.